The van der Waals surface area contributed by atoms with Gasteiger partial charge < -0.3 is 9.66 Å². The molecule has 0 saturated heterocycles. The number of aliphatic hydroxyl groups is 1. The molecule has 5 rings (SSSR count). The number of alkyl halides is 1. The van der Waals surface area contributed by atoms with E-state index >= 15 is 0 Å². The van der Waals surface area contributed by atoms with Crippen LogP contribution >= 0.6 is 22.6 Å². The molecule has 10 heteroatoms. The predicted octanol–water partition coefficient (Wildman–Crippen LogP) is 4.85. The summed E-state index contributed by atoms with van der Waals surface area (Å²) in [6, 6.07) is 12.1. The lowest BCUT2D eigenvalue weighted by molar-refractivity contribution is 0.0234. The van der Waals surface area contributed by atoms with E-state index in [-0.39, 0.29) is 12.0 Å². The molecule has 8 nitrogen and oxygen atoms in total. The maximum absolute atomic E-state index is 13.2. The van der Waals surface area contributed by atoms with Crippen LogP contribution in [0.5, 0.6) is 0 Å². The average Bonchev–Trinajstić information content (AvgIpc) is 3.29. The Morgan fingerprint density at radius 3 is 2.62 bits per heavy atom. The molecule has 3 heterocycles. The Morgan fingerprint density at radius 1 is 1.14 bits per heavy atom. The Kier molecular flexibility index (Phi) is 7.31. The second kappa shape index (κ2) is 10.2. The molecule has 0 spiro atoms. The van der Waals surface area contributed by atoms with Crippen LogP contribution < -0.4 is 4.72 Å². The van der Waals surface area contributed by atoms with Crippen LogP contribution in [0, 0.1) is 5.92 Å². The van der Waals surface area contributed by atoms with Crippen LogP contribution in [0.15, 0.2) is 55.0 Å². The van der Waals surface area contributed by atoms with Gasteiger partial charge in [-0.25, -0.2) is 14.6 Å². The molecule has 0 aliphatic heterocycles. The Hall–Kier alpha value is -2.12. The molecule has 4 aromatic rings. The zero-order chi connectivity index (χ0) is 26.4. The maximum Gasteiger partial charge on any atom is 0.172 e. The van der Waals surface area contributed by atoms with Gasteiger partial charge in [-0.15, -0.1) is 4.72 Å². The molecule has 2 unspecified atom stereocenters. The number of pyridine rings is 1. The lowest BCUT2D eigenvalue weighted by Crippen LogP contribution is -2.55. The number of nitrogens with one attached hydrogen (secondary N) is 1. The van der Waals surface area contributed by atoms with Crippen LogP contribution in [-0.2, 0) is 21.3 Å². The van der Waals surface area contributed by atoms with E-state index in [1.165, 1.54) is 0 Å². The van der Waals surface area contributed by atoms with Crippen LogP contribution in [-0.4, -0.2) is 45.2 Å². The molecule has 37 heavy (non-hydrogen) atoms. The quantitative estimate of drug-likeness (QED) is 0.130. The minimum Gasteiger partial charge on any atom is -0.598 e. The second-order valence-electron chi connectivity index (χ2n) is 10.5. The van der Waals surface area contributed by atoms with Crippen LogP contribution in [0.2, 0.25) is 0 Å². The molecule has 0 amide bonds. The number of hydrogen-bond donors (Lipinski definition) is 2. The molecule has 0 bridgehead atoms. The monoisotopic (exact) mass is 630 g/mol. The van der Waals surface area contributed by atoms with Crippen molar-refractivity contribution in [3.63, 3.8) is 0 Å². The highest BCUT2D eigenvalue weighted by molar-refractivity contribution is 14.1. The fourth-order valence-corrected chi connectivity index (χ4v) is 6.63. The van der Waals surface area contributed by atoms with E-state index in [0.717, 1.165) is 40.0 Å². The Bertz CT molecular complexity index is 1420. The summed E-state index contributed by atoms with van der Waals surface area (Å²) >= 11 is 1.04. The third-order valence-corrected chi connectivity index (χ3v) is 10.4. The van der Waals surface area contributed by atoms with Gasteiger partial charge in [0.15, 0.2) is 9.36 Å². The number of hydrogen-bond acceptors (Lipinski definition) is 7. The zero-order valence-electron chi connectivity index (χ0n) is 21.3. The van der Waals surface area contributed by atoms with Gasteiger partial charge in [-0.3, -0.25) is 4.98 Å². The lowest BCUT2D eigenvalue weighted by atomic mass is 9.76. The van der Waals surface area contributed by atoms with Crippen LogP contribution in [0.1, 0.15) is 51.9 Å². The molecular weight excluding hydrogens is 599 g/mol. The number of aliphatic hydroxyl groups excluding tert-OH is 1. The van der Waals surface area contributed by atoms with Gasteiger partial charge in [0, 0.05) is 34.4 Å². The molecule has 194 valence electrons. The van der Waals surface area contributed by atoms with E-state index in [4.69, 9.17) is 4.98 Å². The fraction of sp³-hybridized carbons (Fsp3) is 0.407. The minimum absolute atomic E-state index is 0.116. The third kappa shape index (κ3) is 5.26. The minimum atomic E-state index is -1.30. The molecule has 1 fully saturated rings. The van der Waals surface area contributed by atoms with E-state index < -0.39 is 19.7 Å². The van der Waals surface area contributed by atoms with Crippen molar-refractivity contribution < 1.29 is 9.66 Å². The number of aryl methyl sites for hydroxylation is 1. The fourth-order valence-electron chi connectivity index (χ4n) is 4.37. The third-order valence-electron chi connectivity index (χ3n) is 6.71. The summed E-state index contributed by atoms with van der Waals surface area (Å²) in [7, 11) is 0. The summed E-state index contributed by atoms with van der Waals surface area (Å²) < 4.78 is 17.2. The normalized spacial score (nSPS) is 20.4. The zero-order valence-corrected chi connectivity index (χ0v) is 24.3. The second-order valence-corrected chi connectivity index (χ2v) is 14.1. The van der Waals surface area contributed by atoms with Crippen LogP contribution in [0.4, 0.5) is 0 Å². The number of fused-ring (bicyclic) bond motifs is 1. The highest BCUT2D eigenvalue weighted by atomic mass is 127. The Morgan fingerprint density at radius 2 is 1.92 bits per heavy atom. The van der Waals surface area contributed by atoms with Crippen molar-refractivity contribution in [2.24, 2.45) is 5.92 Å². The summed E-state index contributed by atoms with van der Waals surface area (Å²) in [6.45, 7) is 7.90. The standard InChI is InChI=1S/C27H31IN6O2S/c1-5-20-15-29-16-25(31-20)34-23-11-17(9-10-18(23)14-30-34)22-7-6-8-24(32-22)27(28,19-12-21(35)13-19)33-37(36)26(2,3)4/h6-11,14-16,19,21,33,35H,5,12-13H2,1-4H3. The van der Waals surface area contributed by atoms with Crippen molar-refractivity contribution in [2.45, 2.75) is 61.4 Å². The summed E-state index contributed by atoms with van der Waals surface area (Å²) in [5.41, 5.74) is 4.38. The molecule has 1 aliphatic carbocycles. The summed E-state index contributed by atoms with van der Waals surface area (Å²) in [4.78, 5) is 14.1. The summed E-state index contributed by atoms with van der Waals surface area (Å²) in [6.07, 6.45) is 7.07. The Labute approximate surface area is 233 Å². The number of rotatable bonds is 7. The van der Waals surface area contributed by atoms with E-state index in [1.54, 1.807) is 17.1 Å². The molecule has 2 atom stereocenters. The van der Waals surface area contributed by atoms with Crippen molar-refractivity contribution in [2.75, 3.05) is 0 Å². The first-order chi connectivity index (χ1) is 17.6. The van der Waals surface area contributed by atoms with Gasteiger partial charge in [-0.2, -0.15) is 5.10 Å². The van der Waals surface area contributed by atoms with Crippen molar-refractivity contribution in [1.82, 2.24) is 29.5 Å². The van der Waals surface area contributed by atoms with E-state index in [9.17, 15) is 9.66 Å². The van der Waals surface area contributed by atoms with Gasteiger partial charge >= 0.3 is 0 Å². The van der Waals surface area contributed by atoms with Crippen LogP contribution in [0.25, 0.3) is 28.0 Å². The number of benzene rings is 1. The van der Waals surface area contributed by atoms with E-state index in [2.05, 4.69) is 55.4 Å². The molecule has 1 saturated carbocycles. The molecule has 1 aromatic carbocycles. The Balaban J connectivity index is 1.54. The topological polar surface area (TPSA) is 112 Å². The largest absolute Gasteiger partial charge is 0.598 e. The molecule has 1 aliphatic rings. The van der Waals surface area contributed by atoms with Crippen molar-refractivity contribution in [1.29, 1.82) is 0 Å². The van der Waals surface area contributed by atoms with Gasteiger partial charge in [-0.1, -0.05) is 25.1 Å². The van der Waals surface area contributed by atoms with Crippen LogP contribution in [0.3, 0.4) is 0 Å². The SMILES string of the molecule is CCc1cncc(-n2ncc3ccc(-c4cccc(C(I)(N[S+]([O-])C(C)(C)C)C5CC(O)C5)n4)cc32)n1. The van der Waals surface area contributed by atoms with Gasteiger partial charge in [0.05, 0.1) is 41.1 Å². The van der Waals surface area contributed by atoms with Gasteiger partial charge in [-0.05, 0) is 80.8 Å². The first kappa shape index (κ1) is 26.5. The smallest absolute Gasteiger partial charge is 0.172 e. The summed E-state index contributed by atoms with van der Waals surface area (Å²) in [5, 5.41) is 15.6. The molecular formula is C27H31IN6O2S. The van der Waals surface area contributed by atoms with Crippen molar-refractivity contribution >= 4 is 44.9 Å². The van der Waals surface area contributed by atoms with Crippen molar-refractivity contribution in [3.8, 4) is 17.1 Å². The number of nitrogens with zero attached hydrogens (tertiary/aromatic N) is 5. The highest BCUT2D eigenvalue weighted by Gasteiger charge is 2.50. The molecule has 2 N–H and O–H groups in total. The summed E-state index contributed by atoms with van der Waals surface area (Å²) in [5.74, 6) is 0.794. The molecule has 0 radical (unpaired) electrons. The van der Waals surface area contributed by atoms with Crippen molar-refractivity contribution in [3.05, 3.63) is 66.4 Å². The van der Waals surface area contributed by atoms with E-state index in [1.807, 2.05) is 57.3 Å². The highest BCUT2D eigenvalue weighted by Crippen LogP contribution is 2.48. The first-order valence-corrected chi connectivity index (χ1v) is 14.6. The van der Waals surface area contributed by atoms with Gasteiger partial charge in [0.2, 0.25) is 0 Å². The van der Waals surface area contributed by atoms with Gasteiger partial charge in [0.25, 0.3) is 0 Å². The molecule has 3 aromatic heterocycles. The van der Waals surface area contributed by atoms with E-state index in [0.29, 0.717) is 18.7 Å². The number of halogens is 1. The van der Waals surface area contributed by atoms with Gasteiger partial charge in [0.1, 0.15) is 4.75 Å². The number of aromatic nitrogens is 5. The first-order valence-electron chi connectivity index (χ1n) is 12.4. The average molecular weight is 631 g/mol. The predicted molar refractivity (Wildman–Crippen MR) is 155 cm³/mol. The lowest BCUT2D eigenvalue weighted by Gasteiger charge is -2.44. The maximum atomic E-state index is 13.2.